The van der Waals surface area contributed by atoms with Crippen molar-refractivity contribution in [3.63, 3.8) is 0 Å². The summed E-state index contributed by atoms with van der Waals surface area (Å²) in [4.78, 5) is 10.5. The molecule has 0 fully saturated rings. The van der Waals surface area contributed by atoms with Crippen molar-refractivity contribution in [2.75, 3.05) is 11.9 Å². The molecule has 2 rings (SSSR count). The number of benzene rings is 2. The highest BCUT2D eigenvalue weighted by molar-refractivity contribution is 6.30. The summed E-state index contributed by atoms with van der Waals surface area (Å²) in [5.41, 5.74) is 0.958. The van der Waals surface area contributed by atoms with E-state index in [9.17, 15) is 15.2 Å². The van der Waals surface area contributed by atoms with Gasteiger partial charge in [-0.25, -0.2) is 0 Å². The first-order valence-corrected chi connectivity index (χ1v) is 6.74. The van der Waals surface area contributed by atoms with Crippen LogP contribution in [0.15, 0.2) is 42.5 Å². The fraction of sp³-hybridized carbons (Fsp3) is 0.133. The molecule has 1 atom stereocenters. The molecule has 0 radical (unpaired) electrons. The van der Waals surface area contributed by atoms with Gasteiger partial charge in [0.15, 0.2) is 0 Å². The van der Waals surface area contributed by atoms with Gasteiger partial charge < -0.3 is 10.4 Å². The van der Waals surface area contributed by atoms with E-state index in [2.05, 4.69) is 5.32 Å². The van der Waals surface area contributed by atoms with Crippen LogP contribution in [0.2, 0.25) is 5.02 Å². The van der Waals surface area contributed by atoms with Crippen LogP contribution in [0.25, 0.3) is 0 Å². The molecule has 0 aliphatic carbocycles. The normalized spacial score (nSPS) is 11.5. The second-order valence-electron chi connectivity index (χ2n) is 4.53. The van der Waals surface area contributed by atoms with Crippen molar-refractivity contribution in [1.29, 1.82) is 5.26 Å². The second-order valence-corrected chi connectivity index (χ2v) is 4.97. The van der Waals surface area contributed by atoms with Crippen molar-refractivity contribution < 1.29 is 10.0 Å². The second kappa shape index (κ2) is 6.89. The zero-order chi connectivity index (χ0) is 16.1. The molecule has 0 heterocycles. The van der Waals surface area contributed by atoms with Gasteiger partial charge in [-0.05, 0) is 29.8 Å². The number of nitrogens with zero attached hydrogens (tertiary/aromatic N) is 2. The Morgan fingerprint density at radius 1 is 1.32 bits per heavy atom. The molecular formula is C15H12ClN3O3. The number of nitriles is 1. The molecule has 0 amide bonds. The molecule has 0 saturated carbocycles. The van der Waals surface area contributed by atoms with Gasteiger partial charge in [-0.3, -0.25) is 10.1 Å². The maximum Gasteiger partial charge on any atom is 0.293 e. The number of aliphatic hydroxyl groups excluding tert-OH is 1. The highest BCUT2D eigenvalue weighted by atomic mass is 35.5. The number of aliphatic hydroxyl groups is 1. The molecule has 22 heavy (non-hydrogen) atoms. The molecule has 0 aliphatic heterocycles. The summed E-state index contributed by atoms with van der Waals surface area (Å²) in [6, 6.07) is 12.3. The van der Waals surface area contributed by atoms with Crippen molar-refractivity contribution >= 4 is 23.0 Å². The zero-order valence-corrected chi connectivity index (χ0v) is 12.1. The van der Waals surface area contributed by atoms with E-state index in [-0.39, 0.29) is 23.5 Å². The Morgan fingerprint density at radius 2 is 2.00 bits per heavy atom. The largest absolute Gasteiger partial charge is 0.394 e. The lowest BCUT2D eigenvalue weighted by Gasteiger charge is -2.18. The van der Waals surface area contributed by atoms with Crippen LogP contribution in [0.1, 0.15) is 17.2 Å². The summed E-state index contributed by atoms with van der Waals surface area (Å²) >= 11 is 5.82. The van der Waals surface area contributed by atoms with Crippen LogP contribution in [0.5, 0.6) is 0 Å². The predicted octanol–water partition coefficient (Wildman–Crippen LogP) is 3.27. The number of halogens is 1. The van der Waals surface area contributed by atoms with E-state index >= 15 is 0 Å². The van der Waals surface area contributed by atoms with Gasteiger partial charge in [0, 0.05) is 11.1 Å². The minimum absolute atomic E-state index is 0.198. The third-order valence-corrected chi connectivity index (χ3v) is 3.36. The maximum atomic E-state index is 11.1. The van der Waals surface area contributed by atoms with Crippen LogP contribution in [-0.4, -0.2) is 16.6 Å². The van der Waals surface area contributed by atoms with Gasteiger partial charge in [0.2, 0.25) is 0 Å². The Morgan fingerprint density at radius 3 is 2.55 bits per heavy atom. The van der Waals surface area contributed by atoms with Crippen molar-refractivity contribution in [1.82, 2.24) is 0 Å². The summed E-state index contributed by atoms with van der Waals surface area (Å²) in [6.07, 6.45) is 0. The van der Waals surface area contributed by atoms with E-state index in [0.29, 0.717) is 5.02 Å². The number of hydrogen-bond acceptors (Lipinski definition) is 5. The molecular weight excluding hydrogens is 306 g/mol. The Bertz CT molecular complexity index is 726. The summed E-state index contributed by atoms with van der Waals surface area (Å²) in [5, 5.41) is 32.9. The Kier molecular flexibility index (Phi) is 4.94. The van der Waals surface area contributed by atoms with Crippen molar-refractivity contribution in [3.05, 3.63) is 68.7 Å². The van der Waals surface area contributed by atoms with Gasteiger partial charge in [-0.15, -0.1) is 0 Å². The average molecular weight is 318 g/mol. The van der Waals surface area contributed by atoms with Crippen molar-refractivity contribution in [2.24, 2.45) is 0 Å². The molecule has 1 unspecified atom stereocenters. The Hall–Kier alpha value is -2.62. The first kappa shape index (κ1) is 15.8. The molecule has 0 aromatic heterocycles. The third-order valence-electron chi connectivity index (χ3n) is 3.11. The first-order chi connectivity index (χ1) is 10.5. The molecule has 0 saturated heterocycles. The van der Waals surface area contributed by atoms with E-state index in [4.69, 9.17) is 16.9 Å². The average Bonchev–Trinajstić information content (AvgIpc) is 2.53. The molecule has 2 N–H and O–H groups in total. The van der Waals surface area contributed by atoms with Crippen LogP contribution in [0, 0.1) is 21.4 Å². The van der Waals surface area contributed by atoms with E-state index in [0.717, 1.165) is 5.56 Å². The smallest absolute Gasteiger partial charge is 0.293 e. The monoisotopic (exact) mass is 317 g/mol. The minimum Gasteiger partial charge on any atom is -0.394 e. The van der Waals surface area contributed by atoms with Crippen molar-refractivity contribution in [2.45, 2.75) is 6.04 Å². The molecule has 0 spiro atoms. The lowest BCUT2D eigenvalue weighted by atomic mass is 10.1. The summed E-state index contributed by atoms with van der Waals surface area (Å²) in [7, 11) is 0. The lowest BCUT2D eigenvalue weighted by molar-refractivity contribution is -0.384. The van der Waals surface area contributed by atoms with E-state index < -0.39 is 11.0 Å². The highest BCUT2D eigenvalue weighted by Crippen LogP contribution is 2.29. The standard InChI is InChI=1S/C15H12ClN3O3/c16-12-4-2-11(3-5-12)14(9-20)18-13-6-1-10(8-17)7-15(13)19(21)22/h1-7,14,18,20H,9H2. The minimum atomic E-state index is -0.570. The number of nitro benzene ring substituents is 1. The number of hydrogen-bond donors (Lipinski definition) is 2. The number of anilines is 1. The molecule has 2 aromatic carbocycles. The molecule has 0 bridgehead atoms. The predicted molar refractivity (Wildman–Crippen MR) is 82.7 cm³/mol. The Balaban J connectivity index is 2.33. The lowest BCUT2D eigenvalue weighted by Crippen LogP contribution is -2.15. The first-order valence-electron chi connectivity index (χ1n) is 6.36. The van der Waals surface area contributed by atoms with Crippen LogP contribution in [0.3, 0.4) is 0 Å². The number of nitro groups is 1. The molecule has 0 aliphatic rings. The molecule has 6 nitrogen and oxygen atoms in total. The summed E-state index contributed by atoms with van der Waals surface area (Å²) < 4.78 is 0. The van der Waals surface area contributed by atoms with Crippen LogP contribution in [-0.2, 0) is 0 Å². The quantitative estimate of drug-likeness (QED) is 0.651. The molecule has 7 heteroatoms. The van der Waals surface area contributed by atoms with Gasteiger partial charge >= 0.3 is 0 Å². The van der Waals surface area contributed by atoms with E-state index in [1.54, 1.807) is 24.3 Å². The van der Waals surface area contributed by atoms with Crippen LogP contribution >= 0.6 is 11.6 Å². The SMILES string of the molecule is N#Cc1ccc(NC(CO)c2ccc(Cl)cc2)c([N+](=O)[O-])c1. The zero-order valence-electron chi connectivity index (χ0n) is 11.4. The fourth-order valence-electron chi connectivity index (χ4n) is 1.99. The van der Waals surface area contributed by atoms with Gasteiger partial charge in [0.1, 0.15) is 5.69 Å². The van der Waals surface area contributed by atoms with Crippen molar-refractivity contribution in [3.8, 4) is 6.07 Å². The van der Waals surface area contributed by atoms with Crippen LogP contribution < -0.4 is 5.32 Å². The Labute approximate surface area is 131 Å². The van der Waals surface area contributed by atoms with Gasteiger partial charge in [-0.2, -0.15) is 5.26 Å². The van der Waals surface area contributed by atoms with E-state index in [1.807, 2.05) is 6.07 Å². The number of rotatable bonds is 5. The summed E-state index contributed by atoms with van der Waals surface area (Å²) in [5.74, 6) is 0. The van der Waals surface area contributed by atoms with Gasteiger partial charge in [0.25, 0.3) is 5.69 Å². The molecule has 112 valence electrons. The maximum absolute atomic E-state index is 11.1. The molecule has 2 aromatic rings. The summed E-state index contributed by atoms with van der Waals surface area (Å²) in [6.45, 7) is -0.251. The van der Waals surface area contributed by atoms with Gasteiger partial charge in [0.05, 0.1) is 29.2 Å². The third kappa shape index (κ3) is 3.52. The number of nitrogens with one attached hydrogen (secondary N) is 1. The highest BCUT2D eigenvalue weighted by Gasteiger charge is 2.18. The van der Waals surface area contributed by atoms with Gasteiger partial charge in [-0.1, -0.05) is 23.7 Å². The fourth-order valence-corrected chi connectivity index (χ4v) is 2.12. The van der Waals surface area contributed by atoms with Crippen LogP contribution in [0.4, 0.5) is 11.4 Å². The van der Waals surface area contributed by atoms with E-state index in [1.165, 1.54) is 18.2 Å². The topological polar surface area (TPSA) is 99.2 Å².